The van der Waals surface area contributed by atoms with E-state index in [9.17, 15) is 8.42 Å². The molecule has 0 saturated heterocycles. The molecule has 0 amide bonds. The van der Waals surface area contributed by atoms with E-state index in [4.69, 9.17) is 22.3 Å². The SMILES string of the molecule is Cc1ccccc1-n1nc(C2CC2)c(S(=O)(=O)Cl)c1Cl. The van der Waals surface area contributed by atoms with Crippen molar-refractivity contribution >= 4 is 31.3 Å². The molecule has 7 heteroatoms. The third-order valence-corrected chi connectivity index (χ3v) is 5.18. The first-order valence-electron chi connectivity index (χ1n) is 6.18. The molecule has 2 aromatic rings. The van der Waals surface area contributed by atoms with Crippen LogP contribution < -0.4 is 0 Å². The van der Waals surface area contributed by atoms with Gasteiger partial charge in [0, 0.05) is 16.6 Å². The predicted octanol–water partition coefficient (Wildman–Crippen LogP) is 3.64. The second-order valence-corrected chi connectivity index (χ2v) is 7.78. The molecule has 0 N–H and O–H groups in total. The molecule has 0 aliphatic heterocycles. The zero-order chi connectivity index (χ0) is 14.5. The molecule has 1 heterocycles. The number of aromatic nitrogens is 2. The van der Waals surface area contributed by atoms with E-state index in [0.29, 0.717) is 5.69 Å². The molecule has 1 aromatic carbocycles. The third kappa shape index (κ3) is 2.34. The van der Waals surface area contributed by atoms with E-state index < -0.39 is 9.05 Å². The van der Waals surface area contributed by atoms with Gasteiger partial charge < -0.3 is 0 Å². The summed E-state index contributed by atoms with van der Waals surface area (Å²) in [5, 5.41) is 4.44. The Bertz CT molecular complexity index is 780. The highest BCUT2D eigenvalue weighted by atomic mass is 35.7. The maximum Gasteiger partial charge on any atom is 0.266 e. The third-order valence-electron chi connectivity index (χ3n) is 3.37. The average Bonchev–Trinajstić information content (AvgIpc) is 3.13. The smallest absolute Gasteiger partial charge is 0.220 e. The van der Waals surface area contributed by atoms with Crippen LogP contribution in [-0.4, -0.2) is 18.2 Å². The monoisotopic (exact) mass is 330 g/mol. The zero-order valence-electron chi connectivity index (χ0n) is 10.7. The van der Waals surface area contributed by atoms with Gasteiger partial charge in [0.05, 0.1) is 11.4 Å². The number of benzene rings is 1. The van der Waals surface area contributed by atoms with Crippen LogP contribution in [0, 0.1) is 6.92 Å². The van der Waals surface area contributed by atoms with Crippen LogP contribution in [0.5, 0.6) is 0 Å². The summed E-state index contributed by atoms with van der Waals surface area (Å²) in [5.74, 6) is 0.140. The first-order chi connectivity index (χ1) is 9.39. The molecule has 1 aromatic heterocycles. The van der Waals surface area contributed by atoms with Crippen LogP contribution in [0.4, 0.5) is 0 Å². The number of hydrogen-bond donors (Lipinski definition) is 0. The largest absolute Gasteiger partial charge is 0.266 e. The topological polar surface area (TPSA) is 52.0 Å². The summed E-state index contributed by atoms with van der Waals surface area (Å²) in [4.78, 5) is -0.0495. The van der Waals surface area contributed by atoms with E-state index in [1.165, 1.54) is 4.68 Å². The van der Waals surface area contributed by atoms with Gasteiger partial charge in [0.1, 0.15) is 4.90 Å². The lowest BCUT2D eigenvalue weighted by Crippen LogP contribution is -1.99. The fraction of sp³-hybridized carbons (Fsp3) is 0.308. The molecule has 1 aliphatic rings. The molecular formula is C13H12Cl2N2O2S. The molecule has 20 heavy (non-hydrogen) atoms. The average molecular weight is 331 g/mol. The molecule has 1 fully saturated rings. The first kappa shape index (κ1) is 13.9. The summed E-state index contributed by atoms with van der Waals surface area (Å²) in [7, 11) is 1.60. The van der Waals surface area contributed by atoms with Crippen molar-refractivity contribution in [1.29, 1.82) is 0 Å². The molecular weight excluding hydrogens is 319 g/mol. The van der Waals surface area contributed by atoms with Crippen molar-refractivity contribution in [3.05, 3.63) is 40.7 Å². The van der Waals surface area contributed by atoms with Crippen molar-refractivity contribution in [3.8, 4) is 5.69 Å². The van der Waals surface area contributed by atoms with Crippen LogP contribution in [-0.2, 0) is 9.05 Å². The maximum atomic E-state index is 11.8. The van der Waals surface area contributed by atoms with E-state index >= 15 is 0 Å². The molecule has 1 saturated carbocycles. The fourth-order valence-corrected chi connectivity index (χ4v) is 4.06. The van der Waals surface area contributed by atoms with Gasteiger partial charge >= 0.3 is 0 Å². The van der Waals surface area contributed by atoms with Crippen molar-refractivity contribution in [3.63, 3.8) is 0 Å². The van der Waals surface area contributed by atoms with Gasteiger partial charge in [-0.15, -0.1) is 0 Å². The zero-order valence-corrected chi connectivity index (χ0v) is 13.0. The van der Waals surface area contributed by atoms with Crippen LogP contribution in [0.2, 0.25) is 5.15 Å². The molecule has 0 unspecified atom stereocenters. The lowest BCUT2D eigenvalue weighted by atomic mass is 10.2. The van der Waals surface area contributed by atoms with Gasteiger partial charge in [0.25, 0.3) is 9.05 Å². The van der Waals surface area contributed by atoms with E-state index in [0.717, 1.165) is 24.1 Å². The Hall–Kier alpha value is -1.04. The van der Waals surface area contributed by atoms with Crippen LogP contribution in [0.3, 0.4) is 0 Å². The van der Waals surface area contributed by atoms with Gasteiger partial charge in [-0.05, 0) is 31.4 Å². The molecule has 4 nitrogen and oxygen atoms in total. The van der Waals surface area contributed by atoms with Crippen molar-refractivity contribution in [2.24, 2.45) is 0 Å². The standard InChI is InChI=1S/C13H12Cl2N2O2S/c1-8-4-2-3-5-10(8)17-13(14)12(20(15,18)19)11(16-17)9-6-7-9/h2-5,9H,6-7H2,1H3. The Balaban J connectivity index is 2.26. The quantitative estimate of drug-likeness (QED) is 0.807. The Morgan fingerprint density at radius 3 is 2.50 bits per heavy atom. The lowest BCUT2D eigenvalue weighted by Gasteiger charge is -2.06. The summed E-state index contributed by atoms with van der Waals surface area (Å²) < 4.78 is 25.0. The van der Waals surface area contributed by atoms with Gasteiger partial charge in [-0.25, -0.2) is 13.1 Å². The minimum Gasteiger partial charge on any atom is -0.220 e. The number of rotatable bonds is 3. The van der Waals surface area contributed by atoms with E-state index in [2.05, 4.69) is 5.10 Å². The number of nitrogens with zero attached hydrogens (tertiary/aromatic N) is 2. The Labute approximate surface area is 126 Å². The molecule has 0 spiro atoms. The van der Waals surface area contributed by atoms with E-state index in [1.54, 1.807) is 0 Å². The van der Waals surface area contributed by atoms with Crippen molar-refractivity contribution in [2.45, 2.75) is 30.6 Å². The second-order valence-electron chi connectivity index (χ2n) is 4.92. The minimum absolute atomic E-state index is 0.0495. The summed E-state index contributed by atoms with van der Waals surface area (Å²) in [6.07, 6.45) is 1.83. The minimum atomic E-state index is -3.91. The second kappa shape index (κ2) is 4.76. The van der Waals surface area contributed by atoms with E-state index in [1.807, 2.05) is 31.2 Å². The van der Waals surface area contributed by atoms with Gasteiger partial charge in [-0.3, -0.25) is 0 Å². The van der Waals surface area contributed by atoms with Crippen LogP contribution in [0.15, 0.2) is 29.2 Å². The van der Waals surface area contributed by atoms with Crippen LogP contribution in [0.25, 0.3) is 5.69 Å². The number of aryl methyl sites for hydroxylation is 1. The lowest BCUT2D eigenvalue weighted by molar-refractivity contribution is 0.608. The van der Waals surface area contributed by atoms with Crippen molar-refractivity contribution in [2.75, 3.05) is 0 Å². The predicted molar refractivity (Wildman–Crippen MR) is 78.3 cm³/mol. The fourth-order valence-electron chi connectivity index (χ4n) is 2.21. The number of halogens is 2. The Kier molecular flexibility index (Phi) is 3.31. The molecule has 0 bridgehead atoms. The van der Waals surface area contributed by atoms with Crippen molar-refractivity contribution < 1.29 is 8.42 Å². The highest BCUT2D eigenvalue weighted by molar-refractivity contribution is 8.13. The van der Waals surface area contributed by atoms with Gasteiger partial charge in [0.2, 0.25) is 0 Å². The van der Waals surface area contributed by atoms with E-state index in [-0.39, 0.29) is 16.0 Å². The molecule has 3 rings (SSSR count). The number of para-hydroxylation sites is 1. The van der Waals surface area contributed by atoms with Crippen LogP contribution in [0.1, 0.15) is 30.0 Å². The van der Waals surface area contributed by atoms with Gasteiger partial charge in [0.15, 0.2) is 5.15 Å². The van der Waals surface area contributed by atoms with Gasteiger partial charge in [-0.1, -0.05) is 29.8 Å². The van der Waals surface area contributed by atoms with Crippen LogP contribution >= 0.6 is 22.3 Å². The summed E-state index contributed by atoms with van der Waals surface area (Å²) >= 11 is 6.23. The summed E-state index contributed by atoms with van der Waals surface area (Å²) in [6.45, 7) is 1.92. The highest BCUT2D eigenvalue weighted by Crippen LogP contribution is 2.45. The van der Waals surface area contributed by atoms with Crippen molar-refractivity contribution in [1.82, 2.24) is 9.78 Å². The first-order valence-corrected chi connectivity index (χ1v) is 8.87. The molecule has 1 aliphatic carbocycles. The Morgan fingerprint density at radius 1 is 1.30 bits per heavy atom. The summed E-state index contributed by atoms with van der Waals surface area (Å²) in [5.41, 5.74) is 2.19. The summed E-state index contributed by atoms with van der Waals surface area (Å²) in [6, 6.07) is 7.51. The maximum absolute atomic E-state index is 11.8. The van der Waals surface area contributed by atoms with Gasteiger partial charge in [-0.2, -0.15) is 5.10 Å². The molecule has 0 radical (unpaired) electrons. The number of hydrogen-bond acceptors (Lipinski definition) is 3. The molecule has 0 atom stereocenters. The highest BCUT2D eigenvalue weighted by Gasteiger charge is 2.36. The Morgan fingerprint density at radius 2 is 1.95 bits per heavy atom. The normalized spacial score (nSPS) is 15.6. The molecule has 106 valence electrons.